The van der Waals surface area contributed by atoms with Crippen LogP contribution in [0.25, 0.3) is 0 Å². The van der Waals surface area contributed by atoms with E-state index in [1.54, 1.807) is 19.2 Å². The molecule has 1 aromatic heterocycles. The van der Waals surface area contributed by atoms with E-state index in [4.69, 9.17) is 11.6 Å². The standard InChI is InChI=1S/C17H23ClN6O2/c1-19-17(23(3)12-16-10-13(18)11-22(16)2)21-9-8-20-14-4-6-15(7-5-14)24(25)26/h4-7,10-11,20H,8-9,12H2,1-3H3,(H,19,21). The van der Waals surface area contributed by atoms with Gasteiger partial charge in [-0.2, -0.15) is 0 Å². The Bertz CT molecular complexity index is 772. The van der Waals surface area contributed by atoms with Crippen LogP contribution in [0.3, 0.4) is 0 Å². The number of hydrogen-bond acceptors (Lipinski definition) is 4. The number of anilines is 1. The second-order valence-electron chi connectivity index (χ2n) is 5.82. The number of guanidine groups is 1. The van der Waals surface area contributed by atoms with Crippen LogP contribution < -0.4 is 10.6 Å². The summed E-state index contributed by atoms with van der Waals surface area (Å²) in [7, 11) is 5.65. The summed E-state index contributed by atoms with van der Waals surface area (Å²) < 4.78 is 1.99. The molecule has 0 unspecified atom stereocenters. The van der Waals surface area contributed by atoms with Crippen molar-refractivity contribution in [1.82, 2.24) is 14.8 Å². The first-order chi connectivity index (χ1) is 12.4. The molecule has 2 N–H and O–H groups in total. The molecular formula is C17H23ClN6O2. The minimum Gasteiger partial charge on any atom is -0.383 e. The summed E-state index contributed by atoms with van der Waals surface area (Å²) in [5, 5.41) is 17.8. The first kappa shape index (κ1) is 19.6. The highest BCUT2D eigenvalue weighted by atomic mass is 35.5. The zero-order valence-corrected chi connectivity index (χ0v) is 15.8. The number of non-ortho nitro benzene ring substituents is 1. The van der Waals surface area contributed by atoms with Gasteiger partial charge in [-0.3, -0.25) is 15.1 Å². The third-order valence-corrected chi connectivity index (χ3v) is 4.07. The number of aryl methyl sites for hydroxylation is 1. The topological polar surface area (TPSA) is 87.7 Å². The Morgan fingerprint density at radius 3 is 2.58 bits per heavy atom. The molecule has 9 heteroatoms. The van der Waals surface area contributed by atoms with Gasteiger partial charge in [-0.1, -0.05) is 11.6 Å². The molecule has 8 nitrogen and oxygen atoms in total. The van der Waals surface area contributed by atoms with E-state index in [0.717, 1.165) is 17.3 Å². The smallest absolute Gasteiger partial charge is 0.269 e. The molecule has 0 fully saturated rings. The fourth-order valence-corrected chi connectivity index (χ4v) is 2.78. The highest BCUT2D eigenvalue weighted by molar-refractivity contribution is 6.30. The number of hydrogen-bond donors (Lipinski definition) is 2. The fourth-order valence-electron chi connectivity index (χ4n) is 2.51. The molecule has 2 aromatic rings. The van der Waals surface area contributed by atoms with Gasteiger partial charge in [0, 0.05) is 63.9 Å². The summed E-state index contributed by atoms with van der Waals surface area (Å²) in [6.45, 7) is 1.99. The lowest BCUT2D eigenvalue weighted by Gasteiger charge is -2.22. The van der Waals surface area contributed by atoms with Gasteiger partial charge in [-0.15, -0.1) is 0 Å². The van der Waals surface area contributed by atoms with Gasteiger partial charge < -0.3 is 20.1 Å². The molecule has 0 amide bonds. The maximum absolute atomic E-state index is 10.6. The minimum atomic E-state index is -0.412. The van der Waals surface area contributed by atoms with E-state index >= 15 is 0 Å². The van der Waals surface area contributed by atoms with Crippen molar-refractivity contribution < 1.29 is 4.92 Å². The van der Waals surface area contributed by atoms with Crippen LogP contribution in [-0.4, -0.2) is 47.5 Å². The van der Waals surface area contributed by atoms with Crippen molar-refractivity contribution in [3.8, 4) is 0 Å². The van der Waals surface area contributed by atoms with Crippen molar-refractivity contribution in [3.63, 3.8) is 0 Å². The first-order valence-corrected chi connectivity index (χ1v) is 8.49. The van der Waals surface area contributed by atoms with Crippen molar-refractivity contribution in [2.45, 2.75) is 6.54 Å². The van der Waals surface area contributed by atoms with Crippen LogP contribution in [-0.2, 0) is 13.6 Å². The number of benzene rings is 1. The molecule has 0 atom stereocenters. The maximum atomic E-state index is 10.6. The minimum absolute atomic E-state index is 0.0801. The predicted molar refractivity (Wildman–Crippen MR) is 105 cm³/mol. The quantitative estimate of drug-likeness (QED) is 0.254. The van der Waals surface area contributed by atoms with Gasteiger partial charge in [-0.05, 0) is 18.2 Å². The third kappa shape index (κ3) is 5.38. The van der Waals surface area contributed by atoms with Gasteiger partial charge in [0.25, 0.3) is 5.69 Å². The average Bonchev–Trinajstić information content (AvgIpc) is 2.92. The summed E-state index contributed by atoms with van der Waals surface area (Å²) in [4.78, 5) is 16.5. The van der Waals surface area contributed by atoms with E-state index < -0.39 is 4.92 Å². The van der Waals surface area contributed by atoms with E-state index in [1.807, 2.05) is 35.8 Å². The molecule has 0 radical (unpaired) electrons. The first-order valence-electron chi connectivity index (χ1n) is 8.11. The summed E-state index contributed by atoms with van der Waals surface area (Å²) >= 11 is 6.02. The third-order valence-electron chi connectivity index (χ3n) is 3.86. The van der Waals surface area contributed by atoms with Gasteiger partial charge in [0.2, 0.25) is 0 Å². The van der Waals surface area contributed by atoms with Crippen molar-refractivity contribution in [2.24, 2.45) is 12.0 Å². The van der Waals surface area contributed by atoms with Crippen LogP contribution in [0, 0.1) is 10.1 Å². The molecule has 1 heterocycles. The van der Waals surface area contributed by atoms with E-state index in [0.29, 0.717) is 24.7 Å². The van der Waals surface area contributed by atoms with Gasteiger partial charge >= 0.3 is 0 Å². The molecule has 140 valence electrons. The summed E-state index contributed by atoms with van der Waals surface area (Å²) in [5.41, 5.74) is 2.00. The van der Waals surface area contributed by atoms with Crippen LogP contribution in [0.2, 0.25) is 5.02 Å². The number of halogens is 1. The molecule has 0 aliphatic carbocycles. The Morgan fingerprint density at radius 1 is 1.35 bits per heavy atom. The fraction of sp³-hybridized carbons (Fsp3) is 0.353. The van der Waals surface area contributed by atoms with Gasteiger partial charge in [0.1, 0.15) is 0 Å². The van der Waals surface area contributed by atoms with Crippen molar-refractivity contribution in [2.75, 3.05) is 32.5 Å². The Balaban J connectivity index is 1.79. The van der Waals surface area contributed by atoms with Gasteiger partial charge in [-0.25, -0.2) is 0 Å². The number of aliphatic imine (C=N–C) groups is 1. The second kappa shape index (κ2) is 9.10. The Hall–Kier alpha value is -2.74. The SMILES string of the molecule is CN=C(NCCNc1ccc([N+](=O)[O-])cc1)N(C)Cc1cc(Cl)cn1C. The highest BCUT2D eigenvalue weighted by Crippen LogP contribution is 2.15. The van der Waals surface area contributed by atoms with Gasteiger partial charge in [0.15, 0.2) is 5.96 Å². The zero-order chi connectivity index (χ0) is 19.1. The molecular weight excluding hydrogens is 356 g/mol. The number of nitrogens with zero attached hydrogens (tertiary/aromatic N) is 4. The lowest BCUT2D eigenvalue weighted by Crippen LogP contribution is -2.40. The summed E-state index contributed by atoms with van der Waals surface area (Å²) in [6, 6.07) is 8.28. The molecule has 0 aliphatic heterocycles. The van der Waals surface area contributed by atoms with Crippen molar-refractivity contribution in [3.05, 3.63) is 57.4 Å². The Kier molecular flexibility index (Phi) is 6.85. The lowest BCUT2D eigenvalue weighted by atomic mass is 10.3. The lowest BCUT2D eigenvalue weighted by molar-refractivity contribution is -0.384. The molecule has 0 saturated heterocycles. The van der Waals surface area contributed by atoms with Crippen LogP contribution >= 0.6 is 11.6 Å². The number of aromatic nitrogens is 1. The summed E-state index contributed by atoms with van der Waals surface area (Å²) in [6.07, 6.45) is 1.87. The van der Waals surface area contributed by atoms with Crippen LogP contribution in [0.4, 0.5) is 11.4 Å². The van der Waals surface area contributed by atoms with Crippen LogP contribution in [0.5, 0.6) is 0 Å². The highest BCUT2D eigenvalue weighted by Gasteiger charge is 2.09. The maximum Gasteiger partial charge on any atom is 0.269 e. The average molecular weight is 379 g/mol. The van der Waals surface area contributed by atoms with Crippen LogP contribution in [0.1, 0.15) is 5.69 Å². The Morgan fingerprint density at radius 2 is 2.04 bits per heavy atom. The molecule has 0 saturated carbocycles. The van der Waals surface area contributed by atoms with E-state index in [9.17, 15) is 10.1 Å². The number of rotatable bonds is 7. The molecule has 0 aliphatic rings. The largest absolute Gasteiger partial charge is 0.383 e. The monoisotopic (exact) mass is 378 g/mol. The summed E-state index contributed by atoms with van der Waals surface area (Å²) in [5.74, 6) is 0.771. The molecule has 2 rings (SSSR count). The van der Waals surface area contributed by atoms with Crippen LogP contribution in [0.15, 0.2) is 41.5 Å². The molecule has 0 spiro atoms. The number of nitro groups is 1. The molecule has 0 bridgehead atoms. The predicted octanol–water partition coefficient (Wildman–Crippen LogP) is 2.71. The second-order valence-corrected chi connectivity index (χ2v) is 6.26. The zero-order valence-electron chi connectivity index (χ0n) is 15.1. The Labute approximate surface area is 157 Å². The van der Waals surface area contributed by atoms with Crippen molar-refractivity contribution in [1.29, 1.82) is 0 Å². The molecule has 26 heavy (non-hydrogen) atoms. The van der Waals surface area contributed by atoms with E-state index in [2.05, 4.69) is 15.6 Å². The van der Waals surface area contributed by atoms with Crippen molar-refractivity contribution >= 4 is 28.9 Å². The number of nitrogens with one attached hydrogen (secondary N) is 2. The van der Waals surface area contributed by atoms with Gasteiger partial charge in [0.05, 0.1) is 16.5 Å². The number of nitro benzene ring substituents is 1. The van der Waals surface area contributed by atoms with E-state index in [1.165, 1.54) is 12.1 Å². The molecule has 1 aromatic carbocycles. The van der Waals surface area contributed by atoms with E-state index in [-0.39, 0.29) is 5.69 Å². The normalized spacial score (nSPS) is 11.3.